The minimum Gasteiger partial charge on any atom is -0.407 e. The van der Waals surface area contributed by atoms with Gasteiger partial charge in [0.2, 0.25) is 0 Å². The summed E-state index contributed by atoms with van der Waals surface area (Å²) in [5, 5.41) is 0. The molecule has 1 aliphatic rings. The zero-order chi connectivity index (χ0) is 12.0. The number of fused-ring (bicyclic) bond motifs is 1. The highest BCUT2D eigenvalue weighted by Crippen LogP contribution is 2.60. The molecule has 0 aromatic heterocycles. The molecule has 1 aromatic carbocycles. The zero-order valence-electron chi connectivity index (χ0n) is 9.39. The largest absolute Gasteiger partial charge is 0.499 e. The standard InChI is InChI=1S/C11H13O4P/c1-11(2,3)10(12)16(13)14-8-6-4-5-7-9(8)15-16/h4-7H,1-3H3. The van der Waals surface area contributed by atoms with Crippen molar-refractivity contribution in [2.75, 3.05) is 0 Å². The van der Waals surface area contributed by atoms with E-state index < -0.39 is 18.5 Å². The normalized spacial score (nSPS) is 17.2. The van der Waals surface area contributed by atoms with Crippen molar-refractivity contribution in [3.8, 4) is 11.5 Å². The van der Waals surface area contributed by atoms with Gasteiger partial charge in [-0.3, -0.25) is 4.79 Å². The number of carbonyl (C=O) groups excluding carboxylic acids is 1. The van der Waals surface area contributed by atoms with Crippen LogP contribution in [0, 0.1) is 5.41 Å². The summed E-state index contributed by atoms with van der Waals surface area (Å²) >= 11 is 0. The summed E-state index contributed by atoms with van der Waals surface area (Å²) in [4.78, 5) is 11.9. The quantitative estimate of drug-likeness (QED) is 0.707. The number of hydrogen-bond donors (Lipinski definition) is 0. The molecule has 0 saturated carbocycles. The third-order valence-electron chi connectivity index (χ3n) is 2.18. The van der Waals surface area contributed by atoms with E-state index in [1.54, 1.807) is 45.0 Å². The monoisotopic (exact) mass is 240 g/mol. The van der Waals surface area contributed by atoms with Crippen LogP contribution in [0.25, 0.3) is 0 Å². The Morgan fingerprint density at radius 3 is 1.94 bits per heavy atom. The van der Waals surface area contributed by atoms with Gasteiger partial charge in [-0.15, -0.1) is 0 Å². The lowest BCUT2D eigenvalue weighted by atomic mass is 10.00. The van der Waals surface area contributed by atoms with Gasteiger partial charge in [0, 0.05) is 5.41 Å². The highest BCUT2D eigenvalue weighted by Gasteiger charge is 2.49. The average Bonchev–Trinajstić information content (AvgIpc) is 2.52. The molecule has 0 N–H and O–H groups in total. The van der Waals surface area contributed by atoms with Crippen molar-refractivity contribution < 1.29 is 18.4 Å². The predicted molar refractivity (Wildman–Crippen MR) is 59.8 cm³/mol. The second kappa shape index (κ2) is 3.36. The van der Waals surface area contributed by atoms with Crippen LogP contribution >= 0.6 is 7.60 Å². The topological polar surface area (TPSA) is 52.6 Å². The summed E-state index contributed by atoms with van der Waals surface area (Å²) < 4.78 is 22.6. The molecule has 0 saturated heterocycles. The molecule has 0 fully saturated rings. The van der Waals surface area contributed by atoms with Crippen molar-refractivity contribution in [2.24, 2.45) is 5.41 Å². The number of rotatable bonds is 1. The van der Waals surface area contributed by atoms with Gasteiger partial charge in [-0.2, -0.15) is 0 Å². The van der Waals surface area contributed by atoms with Crippen molar-refractivity contribution in [1.29, 1.82) is 0 Å². The van der Waals surface area contributed by atoms with Gasteiger partial charge in [-0.05, 0) is 12.1 Å². The van der Waals surface area contributed by atoms with E-state index in [1.807, 2.05) is 0 Å². The van der Waals surface area contributed by atoms with Crippen molar-refractivity contribution in [2.45, 2.75) is 20.8 Å². The molecule has 1 aliphatic heterocycles. The van der Waals surface area contributed by atoms with Gasteiger partial charge in [-0.25, -0.2) is 4.57 Å². The fourth-order valence-corrected chi connectivity index (χ4v) is 3.22. The molecule has 1 aromatic rings. The predicted octanol–water partition coefficient (Wildman–Crippen LogP) is 3.22. The van der Waals surface area contributed by atoms with E-state index >= 15 is 0 Å². The Morgan fingerprint density at radius 1 is 1.12 bits per heavy atom. The summed E-state index contributed by atoms with van der Waals surface area (Å²) in [6.07, 6.45) is 0. The van der Waals surface area contributed by atoms with Gasteiger partial charge in [0.15, 0.2) is 11.5 Å². The van der Waals surface area contributed by atoms with Crippen LogP contribution in [0.4, 0.5) is 0 Å². The van der Waals surface area contributed by atoms with Gasteiger partial charge >= 0.3 is 7.60 Å². The Bertz CT molecular complexity index is 458. The van der Waals surface area contributed by atoms with Crippen molar-refractivity contribution >= 4 is 13.1 Å². The second-order valence-electron chi connectivity index (χ2n) is 4.68. The molecule has 4 nitrogen and oxygen atoms in total. The molecule has 0 spiro atoms. The van der Waals surface area contributed by atoms with Crippen LogP contribution in [0.3, 0.4) is 0 Å². The number of benzene rings is 1. The summed E-state index contributed by atoms with van der Waals surface area (Å²) in [6, 6.07) is 6.73. The summed E-state index contributed by atoms with van der Waals surface area (Å²) in [7, 11) is -3.70. The first-order chi connectivity index (χ1) is 7.33. The lowest BCUT2D eigenvalue weighted by molar-refractivity contribution is -0.119. The van der Waals surface area contributed by atoms with E-state index in [-0.39, 0.29) is 0 Å². The molecule has 5 heteroatoms. The second-order valence-corrected chi connectivity index (χ2v) is 6.45. The van der Waals surface area contributed by atoms with Gasteiger partial charge in [-0.1, -0.05) is 32.9 Å². The molecule has 1 heterocycles. The molecular weight excluding hydrogens is 227 g/mol. The van der Waals surface area contributed by atoms with Crippen molar-refractivity contribution in [1.82, 2.24) is 0 Å². The molecular formula is C11H13O4P. The van der Waals surface area contributed by atoms with E-state index in [0.717, 1.165) is 0 Å². The van der Waals surface area contributed by atoms with E-state index in [4.69, 9.17) is 9.05 Å². The Balaban J connectivity index is 2.35. The highest BCUT2D eigenvalue weighted by molar-refractivity contribution is 7.72. The van der Waals surface area contributed by atoms with Crippen LogP contribution in [-0.4, -0.2) is 5.52 Å². The maximum Gasteiger partial charge on any atom is 0.499 e. The smallest absolute Gasteiger partial charge is 0.407 e. The first-order valence-corrected chi connectivity index (χ1v) is 6.50. The zero-order valence-corrected chi connectivity index (χ0v) is 10.3. The molecule has 0 aliphatic carbocycles. The molecule has 0 amide bonds. The van der Waals surface area contributed by atoms with Crippen LogP contribution < -0.4 is 9.05 Å². The summed E-state index contributed by atoms with van der Waals surface area (Å²) in [5.41, 5.74) is -1.26. The number of para-hydroxylation sites is 2. The Labute approximate surface area is 94.1 Å². The van der Waals surface area contributed by atoms with Crippen LogP contribution in [0.15, 0.2) is 24.3 Å². The maximum absolute atomic E-state index is 12.2. The molecule has 0 atom stereocenters. The third kappa shape index (κ3) is 1.74. The third-order valence-corrected chi connectivity index (χ3v) is 4.22. The Kier molecular flexibility index (Phi) is 2.35. The minimum absolute atomic E-state index is 0.364. The van der Waals surface area contributed by atoms with Gasteiger partial charge in [0.25, 0.3) is 5.52 Å². The number of carbonyl (C=O) groups is 1. The molecule has 2 rings (SSSR count). The van der Waals surface area contributed by atoms with Crippen LogP contribution in [0.5, 0.6) is 11.5 Å². The SMILES string of the molecule is CC(C)(C)C(=O)P1(=O)Oc2ccccc2O1. The highest BCUT2D eigenvalue weighted by atomic mass is 31.2. The molecule has 0 bridgehead atoms. The average molecular weight is 240 g/mol. The van der Waals surface area contributed by atoms with Gasteiger partial charge < -0.3 is 9.05 Å². The first kappa shape index (κ1) is 11.2. The van der Waals surface area contributed by atoms with E-state index in [9.17, 15) is 9.36 Å². The molecule has 0 radical (unpaired) electrons. The van der Waals surface area contributed by atoms with Gasteiger partial charge in [0.05, 0.1) is 0 Å². The van der Waals surface area contributed by atoms with Crippen molar-refractivity contribution in [3.63, 3.8) is 0 Å². The maximum atomic E-state index is 12.2. The Morgan fingerprint density at radius 2 is 1.56 bits per heavy atom. The minimum atomic E-state index is -3.70. The van der Waals surface area contributed by atoms with Gasteiger partial charge in [0.1, 0.15) is 0 Å². The lowest BCUT2D eigenvalue weighted by Crippen LogP contribution is -2.22. The van der Waals surface area contributed by atoms with Crippen LogP contribution in [0.2, 0.25) is 0 Å². The van der Waals surface area contributed by atoms with Crippen LogP contribution in [0.1, 0.15) is 20.8 Å². The van der Waals surface area contributed by atoms with E-state index in [1.165, 1.54) is 0 Å². The molecule has 16 heavy (non-hydrogen) atoms. The first-order valence-electron chi connectivity index (χ1n) is 4.96. The molecule has 0 unspecified atom stereocenters. The van der Waals surface area contributed by atoms with E-state index in [2.05, 4.69) is 0 Å². The van der Waals surface area contributed by atoms with Crippen molar-refractivity contribution in [3.05, 3.63) is 24.3 Å². The summed E-state index contributed by atoms with van der Waals surface area (Å²) in [5.74, 6) is 0.729. The number of hydrogen-bond acceptors (Lipinski definition) is 4. The summed E-state index contributed by atoms with van der Waals surface area (Å²) in [6.45, 7) is 5.06. The fraction of sp³-hybridized carbons (Fsp3) is 0.364. The van der Waals surface area contributed by atoms with Crippen LogP contribution in [-0.2, 0) is 9.36 Å². The van der Waals surface area contributed by atoms with E-state index in [0.29, 0.717) is 11.5 Å². The Hall–Kier alpha value is -1.28. The fourth-order valence-electron chi connectivity index (χ4n) is 1.37. The molecule has 86 valence electrons. The lowest BCUT2D eigenvalue weighted by Gasteiger charge is -2.18.